The van der Waals surface area contributed by atoms with Gasteiger partial charge in [0.15, 0.2) is 0 Å². The second-order valence-corrected chi connectivity index (χ2v) is 5.24. The second kappa shape index (κ2) is 5.75. The average molecular weight is 344 g/mol. The van der Waals surface area contributed by atoms with Crippen molar-refractivity contribution in [1.82, 2.24) is 9.78 Å². The van der Waals surface area contributed by atoms with E-state index in [2.05, 4.69) is 21.0 Å². The van der Waals surface area contributed by atoms with Gasteiger partial charge in [0.2, 0.25) is 0 Å². The molecule has 1 heterocycles. The number of nitrogens with zero attached hydrogens (tertiary/aromatic N) is 2. The minimum Gasteiger partial charge on any atom is -0.478 e. The normalized spacial score (nSPS) is 10.7. The molecule has 0 aliphatic carbocycles. The molecule has 0 bridgehead atoms. The molecule has 1 aromatic carbocycles. The summed E-state index contributed by atoms with van der Waals surface area (Å²) in [5, 5.41) is 13.7. The Morgan fingerprint density at radius 2 is 2.16 bits per heavy atom. The highest BCUT2D eigenvalue weighted by Crippen LogP contribution is 2.28. The number of aromatic nitrogens is 2. The molecule has 1 aromatic heterocycles. The van der Waals surface area contributed by atoms with Crippen LogP contribution in [0.5, 0.6) is 0 Å². The van der Waals surface area contributed by atoms with Crippen LogP contribution in [0.25, 0.3) is 5.69 Å². The Balaban J connectivity index is 2.63. The number of carboxylic acid groups (broad SMARTS) is 1. The third-order valence-corrected chi connectivity index (χ3v) is 3.70. The molecule has 0 saturated carbocycles. The van der Waals surface area contributed by atoms with Crippen LogP contribution < -0.4 is 0 Å². The lowest BCUT2D eigenvalue weighted by Crippen LogP contribution is -2.00. The van der Waals surface area contributed by atoms with Gasteiger partial charge >= 0.3 is 5.97 Å². The summed E-state index contributed by atoms with van der Waals surface area (Å²) in [6.45, 7) is 1.97. The minimum absolute atomic E-state index is 0.0827. The van der Waals surface area contributed by atoms with Crippen LogP contribution in [-0.2, 0) is 6.42 Å². The first-order valence-corrected chi connectivity index (χ1v) is 6.99. The molecule has 19 heavy (non-hydrogen) atoms. The third-order valence-electron chi connectivity index (χ3n) is 2.68. The Morgan fingerprint density at radius 1 is 1.47 bits per heavy atom. The largest absolute Gasteiger partial charge is 0.478 e. The van der Waals surface area contributed by atoms with Crippen molar-refractivity contribution in [1.29, 1.82) is 0 Å². The quantitative estimate of drug-likeness (QED) is 0.915. The zero-order valence-corrected chi connectivity index (χ0v) is 12.6. The molecule has 100 valence electrons. The van der Waals surface area contributed by atoms with Gasteiger partial charge in [0.1, 0.15) is 10.7 Å². The van der Waals surface area contributed by atoms with Crippen LogP contribution in [0.3, 0.4) is 0 Å². The molecule has 2 aromatic rings. The van der Waals surface area contributed by atoms with Gasteiger partial charge in [-0.2, -0.15) is 5.10 Å². The lowest BCUT2D eigenvalue weighted by molar-refractivity contribution is 0.0696. The zero-order valence-electron chi connectivity index (χ0n) is 10.2. The van der Waals surface area contributed by atoms with E-state index in [1.54, 1.807) is 0 Å². The number of rotatable bonds is 4. The third kappa shape index (κ3) is 2.67. The lowest BCUT2D eigenvalue weighted by atomic mass is 10.2. The van der Waals surface area contributed by atoms with Crippen molar-refractivity contribution in [2.24, 2.45) is 0 Å². The summed E-state index contributed by atoms with van der Waals surface area (Å²) in [5.41, 5.74) is 1.31. The molecule has 0 aliphatic heterocycles. The van der Waals surface area contributed by atoms with Crippen LogP contribution in [0.2, 0.25) is 5.15 Å². The van der Waals surface area contributed by atoms with Gasteiger partial charge in [-0.1, -0.05) is 37.1 Å². The van der Waals surface area contributed by atoms with Crippen LogP contribution in [0.1, 0.15) is 29.4 Å². The van der Waals surface area contributed by atoms with Crippen LogP contribution in [0, 0.1) is 0 Å². The molecule has 6 heteroatoms. The van der Waals surface area contributed by atoms with Crippen LogP contribution in [-0.4, -0.2) is 20.9 Å². The van der Waals surface area contributed by atoms with Gasteiger partial charge < -0.3 is 5.11 Å². The molecule has 1 N–H and O–H groups in total. The maximum absolute atomic E-state index is 11.3. The predicted molar refractivity (Wildman–Crippen MR) is 77.2 cm³/mol. The van der Waals surface area contributed by atoms with Crippen molar-refractivity contribution < 1.29 is 9.90 Å². The van der Waals surface area contributed by atoms with Crippen molar-refractivity contribution in [3.8, 4) is 5.69 Å². The molecule has 0 atom stereocenters. The Hall–Kier alpha value is -1.33. The number of para-hydroxylation sites is 1. The molecule has 0 saturated heterocycles. The molecular formula is C13H12BrClN2O2. The summed E-state index contributed by atoms with van der Waals surface area (Å²) in [4.78, 5) is 11.3. The molecule has 0 fully saturated rings. The molecular weight excluding hydrogens is 332 g/mol. The number of aromatic carboxylic acids is 1. The van der Waals surface area contributed by atoms with E-state index < -0.39 is 5.97 Å². The maximum Gasteiger partial charge on any atom is 0.340 e. The highest BCUT2D eigenvalue weighted by atomic mass is 79.9. The van der Waals surface area contributed by atoms with Gasteiger partial charge in [-0.05, 0) is 34.5 Å². The Morgan fingerprint density at radius 3 is 2.74 bits per heavy atom. The number of carbonyl (C=O) groups is 1. The number of benzene rings is 1. The first kappa shape index (κ1) is 14.1. The molecule has 4 nitrogen and oxygen atoms in total. The number of halogens is 2. The fraction of sp³-hybridized carbons (Fsp3) is 0.231. The first-order valence-electron chi connectivity index (χ1n) is 5.81. The van der Waals surface area contributed by atoms with Crippen LogP contribution in [0.4, 0.5) is 0 Å². The van der Waals surface area contributed by atoms with Gasteiger partial charge in [0, 0.05) is 4.47 Å². The molecule has 0 radical (unpaired) electrons. The molecule has 0 unspecified atom stereocenters. The van der Waals surface area contributed by atoms with E-state index in [4.69, 9.17) is 11.6 Å². The summed E-state index contributed by atoms with van der Waals surface area (Å²) in [6.07, 6.45) is 1.39. The van der Waals surface area contributed by atoms with Crippen LogP contribution >= 0.6 is 27.5 Å². The fourth-order valence-corrected chi connectivity index (χ4v) is 2.62. The molecule has 0 aliphatic rings. The van der Waals surface area contributed by atoms with Crippen molar-refractivity contribution >= 4 is 33.5 Å². The highest BCUT2D eigenvalue weighted by Gasteiger charge is 2.22. The topological polar surface area (TPSA) is 55.1 Å². The molecule has 0 spiro atoms. The van der Waals surface area contributed by atoms with Crippen molar-refractivity contribution in [2.45, 2.75) is 19.8 Å². The van der Waals surface area contributed by atoms with Crippen molar-refractivity contribution in [2.75, 3.05) is 0 Å². The standard InChI is InChI=1S/C13H12BrClN2O2/c1-2-5-9-11(13(18)19)12(15)17(16-9)10-7-4-3-6-8(10)14/h3-4,6-7H,2,5H2,1H3,(H,18,19). The van der Waals surface area contributed by atoms with Crippen molar-refractivity contribution in [3.05, 3.63) is 45.1 Å². The van der Waals surface area contributed by atoms with E-state index in [0.717, 1.165) is 16.6 Å². The minimum atomic E-state index is -1.05. The van der Waals surface area contributed by atoms with Gasteiger partial charge in [-0.15, -0.1) is 0 Å². The van der Waals surface area contributed by atoms with E-state index in [1.165, 1.54) is 4.68 Å². The highest BCUT2D eigenvalue weighted by molar-refractivity contribution is 9.10. The van der Waals surface area contributed by atoms with Crippen LogP contribution in [0.15, 0.2) is 28.7 Å². The predicted octanol–water partition coefficient (Wildman–Crippen LogP) is 3.94. The van der Waals surface area contributed by atoms with E-state index in [0.29, 0.717) is 12.1 Å². The van der Waals surface area contributed by atoms with Gasteiger partial charge in [-0.3, -0.25) is 0 Å². The summed E-state index contributed by atoms with van der Waals surface area (Å²) in [5.74, 6) is -1.05. The monoisotopic (exact) mass is 342 g/mol. The first-order chi connectivity index (χ1) is 9.06. The maximum atomic E-state index is 11.3. The summed E-state index contributed by atoms with van der Waals surface area (Å²) < 4.78 is 2.26. The smallest absolute Gasteiger partial charge is 0.340 e. The van der Waals surface area contributed by atoms with Crippen molar-refractivity contribution in [3.63, 3.8) is 0 Å². The van der Waals surface area contributed by atoms with E-state index in [9.17, 15) is 9.90 Å². The number of hydrogen-bond acceptors (Lipinski definition) is 2. The zero-order chi connectivity index (χ0) is 14.0. The second-order valence-electron chi connectivity index (χ2n) is 4.03. The summed E-state index contributed by atoms with van der Waals surface area (Å²) in [7, 11) is 0. The lowest BCUT2D eigenvalue weighted by Gasteiger charge is -2.05. The van der Waals surface area contributed by atoms with Gasteiger partial charge in [-0.25, -0.2) is 9.48 Å². The Kier molecular flexibility index (Phi) is 4.27. The van der Waals surface area contributed by atoms with E-state index >= 15 is 0 Å². The number of hydrogen-bond donors (Lipinski definition) is 1. The Labute approximate surface area is 124 Å². The average Bonchev–Trinajstić information content (AvgIpc) is 2.67. The summed E-state index contributed by atoms with van der Waals surface area (Å²) >= 11 is 9.58. The fourth-order valence-electron chi connectivity index (χ4n) is 1.85. The number of carboxylic acids is 1. The molecule has 0 amide bonds. The van der Waals surface area contributed by atoms with E-state index in [-0.39, 0.29) is 10.7 Å². The SMILES string of the molecule is CCCc1nn(-c2ccccc2Br)c(Cl)c1C(=O)O. The summed E-state index contributed by atoms with van der Waals surface area (Å²) in [6, 6.07) is 7.39. The van der Waals surface area contributed by atoms with Gasteiger partial charge in [0.05, 0.1) is 11.4 Å². The van der Waals surface area contributed by atoms with E-state index in [1.807, 2.05) is 31.2 Å². The Bertz CT molecular complexity index is 625. The van der Waals surface area contributed by atoms with Gasteiger partial charge in [0.25, 0.3) is 0 Å². The molecule has 2 rings (SSSR count). The number of aryl methyl sites for hydroxylation is 1.